The summed E-state index contributed by atoms with van der Waals surface area (Å²) in [7, 11) is -1.90. The molecule has 3 heteroatoms. The van der Waals surface area contributed by atoms with Crippen LogP contribution < -0.4 is 15.7 Å². The predicted molar refractivity (Wildman–Crippen MR) is 114 cm³/mol. The van der Waals surface area contributed by atoms with E-state index in [4.69, 9.17) is 4.74 Å². The van der Waals surface area contributed by atoms with Crippen molar-refractivity contribution in [1.82, 2.24) is 5.32 Å². The zero-order chi connectivity index (χ0) is 18.6. The van der Waals surface area contributed by atoms with Crippen LogP contribution in [0.25, 0.3) is 0 Å². The summed E-state index contributed by atoms with van der Waals surface area (Å²) >= 11 is 0. The Morgan fingerprint density at radius 2 is 1.54 bits per heavy atom. The van der Waals surface area contributed by atoms with Gasteiger partial charge in [-0.15, -0.1) is 0 Å². The summed E-state index contributed by atoms with van der Waals surface area (Å²) in [5, 5.41) is 6.69. The van der Waals surface area contributed by atoms with Crippen molar-refractivity contribution in [3.63, 3.8) is 0 Å². The van der Waals surface area contributed by atoms with E-state index in [0.717, 1.165) is 12.6 Å². The van der Waals surface area contributed by atoms with E-state index in [1.54, 1.807) is 0 Å². The van der Waals surface area contributed by atoms with E-state index in [-0.39, 0.29) is 11.7 Å². The highest BCUT2D eigenvalue weighted by molar-refractivity contribution is 7.01. The summed E-state index contributed by atoms with van der Waals surface area (Å²) in [5.74, 6) is 0. The highest BCUT2D eigenvalue weighted by Gasteiger charge is 2.39. The highest BCUT2D eigenvalue weighted by Crippen LogP contribution is 2.26. The quantitative estimate of drug-likeness (QED) is 0.784. The molecule has 2 atom stereocenters. The van der Waals surface area contributed by atoms with Gasteiger partial charge in [0.05, 0.1) is 11.7 Å². The Kier molecular flexibility index (Phi) is 6.01. The molecule has 1 fully saturated rings. The van der Waals surface area contributed by atoms with Gasteiger partial charge in [0, 0.05) is 6.04 Å². The molecule has 0 amide bonds. The summed E-state index contributed by atoms with van der Waals surface area (Å²) < 4.78 is 6.63. The first kappa shape index (κ1) is 19.3. The first-order valence-electron chi connectivity index (χ1n) is 9.91. The molecule has 140 valence electrons. The molecule has 2 aromatic rings. The molecule has 0 aliphatic carbocycles. The van der Waals surface area contributed by atoms with Crippen LogP contribution in [0.5, 0.6) is 0 Å². The van der Waals surface area contributed by atoms with Gasteiger partial charge in [-0.05, 0) is 46.2 Å². The smallest absolute Gasteiger partial charge is 0.117 e. The first-order valence-corrected chi connectivity index (χ1v) is 12.6. The zero-order valence-electron chi connectivity index (χ0n) is 16.7. The SMILES string of the molecule is CC(C)(C)O[C@H](C[Si](C)(c1ccccc1)c1ccccc1)[C@@H]1CCCN1. The van der Waals surface area contributed by atoms with E-state index in [0.29, 0.717) is 6.04 Å². The average Bonchev–Trinajstić information content (AvgIpc) is 3.16. The fraction of sp³-hybridized carbons (Fsp3) is 0.478. The molecule has 1 N–H and O–H groups in total. The molecular weight excluding hydrogens is 334 g/mol. The van der Waals surface area contributed by atoms with Crippen LogP contribution in [-0.2, 0) is 4.74 Å². The molecule has 2 nitrogen and oxygen atoms in total. The molecule has 1 saturated heterocycles. The fourth-order valence-electron chi connectivity index (χ4n) is 4.17. The van der Waals surface area contributed by atoms with Crippen molar-refractivity contribution < 1.29 is 4.74 Å². The number of nitrogens with one attached hydrogen (secondary N) is 1. The maximum absolute atomic E-state index is 6.63. The maximum Gasteiger partial charge on any atom is 0.117 e. The molecule has 1 aliphatic heterocycles. The van der Waals surface area contributed by atoms with Gasteiger partial charge < -0.3 is 10.1 Å². The predicted octanol–water partition coefficient (Wildman–Crippen LogP) is 3.82. The van der Waals surface area contributed by atoms with Crippen LogP contribution in [0.4, 0.5) is 0 Å². The molecular formula is C23H33NOSi. The molecule has 1 aliphatic rings. The maximum atomic E-state index is 6.63. The molecule has 1 heterocycles. The number of ether oxygens (including phenoxy) is 1. The first-order chi connectivity index (χ1) is 12.4. The van der Waals surface area contributed by atoms with Crippen LogP contribution in [0.15, 0.2) is 60.7 Å². The Bertz CT molecular complexity index is 635. The topological polar surface area (TPSA) is 21.3 Å². The lowest BCUT2D eigenvalue weighted by molar-refractivity contribution is -0.0640. The van der Waals surface area contributed by atoms with Crippen LogP contribution in [0, 0.1) is 0 Å². The van der Waals surface area contributed by atoms with Crippen LogP contribution in [0.2, 0.25) is 12.6 Å². The Morgan fingerprint density at radius 3 is 1.96 bits per heavy atom. The van der Waals surface area contributed by atoms with Gasteiger partial charge in [0.25, 0.3) is 0 Å². The molecule has 0 saturated carbocycles. The van der Waals surface area contributed by atoms with Gasteiger partial charge in [-0.1, -0.05) is 77.6 Å². The van der Waals surface area contributed by atoms with Crippen molar-refractivity contribution in [3.8, 4) is 0 Å². The molecule has 0 bridgehead atoms. The minimum atomic E-state index is -1.90. The van der Waals surface area contributed by atoms with Gasteiger partial charge in [-0.3, -0.25) is 0 Å². The normalized spacial score (nSPS) is 19.5. The van der Waals surface area contributed by atoms with Gasteiger partial charge >= 0.3 is 0 Å². The number of rotatable bonds is 6. The molecule has 3 rings (SSSR count). The molecule has 0 aromatic heterocycles. The van der Waals surface area contributed by atoms with Gasteiger partial charge in [0.15, 0.2) is 0 Å². The molecule has 2 aromatic carbocycles. The summed E-state index contributed by atoms with van der Waals surface area (Å²) in [6.07, 6.45) is 2.72. The summed E-state index contributed by atoms with van der Waals surface area (Å²) in [5.41, 5.74) is -0.127. The van der Waals surface area contributed by atoms with Crippen molar-refractivity contribution in [2.45, 2.75) is 64.0 Å². The third-order valence-electron chi connectivity index (χ3n) is 5.48. The van der Waals surface area contributed by atoms with Gasteiger partial charge in [-0.2, -0.15) is 0 Å². The number of hydrogen-bond donors (Lipinski definition) is 1. The fourth-order valence-corrected chi connectivity index (χ4v) is 8.00. The number of benzene rings is 2. The van der Waals surface area contributed by atoms with Crippen molar-refractivity contribution in [2.24, 2.45) is 0 Å². The van der Waals surface area contributed by atoms with Crippen LogP contribution in [-0.4, -0.2) is 32.4 Å². The number of hydrogen-bond acceptors (Lipinski definition) is 2. The summed E-state index contributed by atoms with van der Waals surface area (Å²) in [6, 6.07) is 23.8. The second-order valence-corrected chi connectivity index (χ2v) is 13.0. The van der Waals surface area contributed by atoms with E-state index in [9.17, 15) is 0 Å². The Hall–Kier alpha value is -1.42. The second-order valence-electron chi connectivity index (χ2n) is 8.74. The minimum Gasteiger partial charge on any atom is -0.371 e. The van der Waals surface area contributed by atoms with E-state index < -0.39 is 8.07 Å². The third-order valence-corrected chi connectivity index (χ3v) is 9.92. The van der Waals surface area contributed by atoms with Crippen molar-refractivity contribution in [2.75, 3.05) is 6.54 Å². The lowest BCUT2D eigenvalue weighted by Crippen LogP contribution is -2.59. The Balaban J connectivity index is 1.97. The minimum absolute atomic E-state index is 0.127. The van der Waals surface area contributed by atoms with Crippen LogP contribution in [0.1, 0.15) is 33.6 Å². The zero-order valence-corrected chi connectivity index (χ0v) is 17.7. The van der Waals surface area contributed by atoms with Crippen molar-refractivity contribution in [1.29, 1.82) is 0 Å². The molecule has 0 radical (unpaired) electrons. The second kappa shape index (κ2) is 8.08. The van der Waals surface area contributed by atoms with Crippen LogP contribution >= 0.6 is 0 Å². The molecule has 0 spiro atoms. The largest absolute Gasteiger partial charge is 0.371 e. The monoisotopic (exact) mass is 367 g/mol. The van der Waals surface area contributed by atoms with E-state index in [1.807, 2.05) is 0 Å². The Morgan fingerprint density at radius 1 is 1.00 bits per heavy atom. The van der Waals surface area contributed by atoms with Gasteiger partial charge in [-0.25, -0.2) is 0 Å². The average molecular weight is 368 g/mol. The molecule has 26 heavy (non-hydrogen) atoms. The van der Waals surface area contributed by atoms with Crippen molar-refractivity contribution in [3.05, 3.63) is 60.7 Å². The standard InChI is InChI=1S/C23H33NOSi/c1-23(2,3)25-22(21-16-11-17-24-21)18-26(4,19-12-7-5-8-13-19)20-14-9-6-10-15-20/h5-10,12-15,21-22,24H,11,16-18H2,1-4H3/t21-,22+/m0/s1. The summed E-state index contributed by atoms with van der Waals surface area (Å²) in [6.45, 7) is 10.2. The van der Waals surface area contributed by atoms with Crippen molar-refractivity contribution >= 4 is 18.4 Å². The van der Waals surface area contributed by atoms with E-state index >= 15 is 0 Å². The lowest BCUT2D eigenvalue weighted by atomic mass is 10.1. The lowest BCUT2D eigenvalue weighted by Gasteiger charge is -2.38. The summed E-state index contributed by atoms with van der Waals surface area (Å²) in [4.78, 5) is 0. The van der Waals surface area contributed by atoms with Crippen LogP contribution in [0.3, 0.4) is 0 Å². The van der Waals surface area contributed by atoms with Gasteiger partial charge in [0.1, 0.15) is 8.07 Å². The Labute approximate surface area is 160 Å². The third kappa shape index (κ3) is 4.64. The van der Waals surface area contributed by atoms with E-state index in [2.05, 4.69) is 93.3 Å². The molecule has 0 unspecified atom stereocenters. The van der Waals surface area contributed by atoms with E-state index in [1.165, 1.54) is 23.2 Å². The highest BCUT2D eigenvalue weighted by atomic mass is 28.3. The van der Waals surface area contributed by atoms with Gasteiger partial charge in [0.2, 0.25) is 0 Å².